The van der Waals surface area contributed by atoms with Gasteiger partial charge in [0.2, 0.25) is 5.91 Å². The van der Waals surface area contributed by atoms with Crippen molar-refractivity contribution in [1.29, 1.82) is 0 Å². The third kappa shape index (κ3) is 5.82. The largest absolute Gasteiger partial charge is 0.497 e. The SMILES string of the molecule is COc1cccc(C(C)(CC(=O)O)NC(=O)CCNC(=O)c2ccsc2)c1. The predicted molar refractivity (Wildman–Crippen MR) is 102 cm³/mol. The first-order valence-electron chi connectivity index (χ1n) is 8.32. The molecule has 2 amide bonds. The number of carboxylic acid groups (broad SMARTS) is 1. The van der Waals surface area contributed by atoms with E-state index < -0.39 is 11.5 Å². The molecule has 27 heavy (non-hydrogen) atoms. The number of amides is 2. The number of thiophene rings is 1. The maximum absolute atomic E-state index is 12.4. The minimum absolute atomic E-state index is 0.0368. The highest BCUT2D eigenvalue weighted by Gasteiger charge is 2.31. The molecule has 0 aliphatic heterocycles. The molecular weight excluding hydrogens is 368 g/mol. The van der Waals surface area contributed by atoms with Gasteiger partial charge in [-0.05, 0) is 36.1 Å². The van der Waals surface area contributed by atoms with Gasteiger partial charge in [0.05, 0.1) is 19.1 Å². The molecular formula is C19H22N2O5S. The van der Waals surface area contributed by atoms with E-state index in [0.29, 0.717) is 16.9 Å². The van der Waals surface area contributed by atoms with Gasteiger partial charge in [0.25, 0.3) is 5.91 Å². The second-order valence-electron chi connectivity index (χ2n) is 6.20. The summed E-state index contributed by atoms with van der Waals surface area (Å²) in [6.45, 7) is 1.81. The van der Waals surface area contributed by atoms with Crippen LogP contribution in [0.25, 0.3) is 0 Å². The average molecular weight is 390 g/mol. The fourth-order valence-corrected chi connectivity index (χ4v) is 3.28. The first kappa shape index (κ1) is 20.4. The molecule has 2 rings (SSSR count). The first-order valence-corrected chi connectivity index (χ1v) is 9.26. The molecule has 144 valence electrons. The summed E-state index contributed by atoms with van der Waals surface area (Å²) < 4.78 is 5.18. The van der Waals surface area contributed by atoms with Crippen LogP contribution in [0.3, 0.4) is 0 Å². The molecule has 1 unspecified atom stereocenters. The van der Waals surface area contributed by atoms with Crippen LogP contribution in [0.4, 0.5) is 0 Å². The number of hydrogen-bond donors (Lipinski definition) is 3. The summed E-state index contributed by atoms with van der Waals surface area (Å²) in [6.07, 6.45) is -0.248. The Morgan fingerprint density at radius 2 is 2.04 bits per heavy atom. The summed E-state index contributed by atoms with van der Waals surface area (Å²) in [6, 6.07) is 8.62. The van der Waals surface area contributed by atoms with Gasteiger partial charge in [0, 0.05) is 23.9 Å². The number of hydrogen-bond acceptors (Lipinski definition) is 5. The van der Waals surface area contributed by atoms with E-state index in [1.165, 1.54) is 18.4 Å². The van der Waals surface area contributed by atoms with Crippen molar-refractivity contribution >= 4 is 29.1 Å². The quantitative estimate of drug-likeness (QED) is 0.610. The second kappa shape index (κ2) is 9.18. The van der Waals surface area contributed by atoms with Crippen LogP contribution in [0.1, 0.15) is 35.7 Å². The topological polar surface area (TPSA) is 105 Å². The molecule has 2 aromatic rings. The number of benzene rings is 1. The lowest BCUT2D eigenvalue weighted by Crippen LogP contribution is -2.45. The summed E-state index contributed by atoms with van der Waals surface area (Å²) in [5.41, 5.74) is 0.0712. The van der Waals surface area contributed by atoms with E-state index in [4.69, 9.17) is 4.74 Å². The van der Waals surface area contributed by atoms with Crippen molar-refractivity contribution in [2.75, 3.05) is 13.7 Å². The van der Waals surface area contributed by atoms with E-state index in [0.717, 1.165) is 0 Å². The molecule has 0 saturated carbocycles. The van der Waals surface area contributed by atoms with Gasteiger partial charge < -0.3 is 20.5 Å². The van der Waals surface area contributed by atoms with Crippen molar-refractivity contribution in [2.45, 2.75) is 25.3 Å². The van der Waals surface area contributed by atoms with Crippen molar-refractivity contribution in [3.8, 4) is 5.75 Å². The molecule has 8 heteroatoms. The molecule has 0 saturated heterocycles. The van der Waals surface area contributed by atoms with E-state index in [1.807, 2.05) is 0 Å². The van der Waals surface area contributed by atoms with Crippen LogP contribution in [0.5, 0.6) is 5.75 Å². The lowest BCUT2D eigenvalue weighted by Gasteiger charge is -2.30. The number of rotatable bonds is 9. The zero-order valence-corrected chi connectivity index (χ0v) is 16.0. The number of methoxy groups -OCH3 is 1. The number of carbonyl (C=O) groups excluding carboxylic acids is 2. The van der Waals surface area contributed by atoms with Gasteiger partial charge in [-0.3, -0.25) is 14.4 Å². The van der Waals surface area contributed by atoms with E-state index in [9.17, 15) is 19.5 Å². The maximum atomic E-state index is 12.4. The van der Waals surface area contributed by atoms with Gasteiger partial charge in [-0.2, -0.15) is 11.3 Å². The molecule has 3 N–H and O–H groups in total. The van der Waals surface area contributed by atoms with Crippen molar-refractivity contribution in [3.63, 3.8) is 0 Å². The Hall–Kier alpha value is -2.87. The second-order valence-corrected chi connectivity index (χ2v) is 6.98. The predicted octanol–water partition coefficient (Wildman–Crippen LogP) is 2.38. The normalized spacial score (nSPS) is 12.7. The number of ether oxygens (including phenoxy) is 1. The molecule has 0 bridgehead atoms. The fourth-order valence-electron chi connectivity index (χ4n) is 2.64. The summed E-state index contributed by atoms with van der Waals surface area (Å²) >= 11 is 1.42. The Morgan fingerprint density at radius 1 is 1.26 bits per heavy atom. The average Bonchev–Trinajstić information content (AvgIpc) is 3.15. The maximum Gasteiger partial charge on any atom is 0.306 e. The van der Waals surface area contributed by atoms with Crippen molar-refractivity contribution in [3.05, 3.63) is 52.2 Å². The Morgan fingerprint density at radius 3 is 2.67 bits per heavy atom. The van der Waals surface area contributed by atoms with Gasteiger partial charge in [-0.1, -0.05) is 12.1 Å². The zero-order valence-electron chi connectivity index (χ0n) is 15.2. The number of carbonyl (C=O) groups is 3. The Labute approximate surface area is 161 Å². The monoisotopic (exact) mass is 390 g/mol. The number of aliphatic carboxylic acids is 1. The van der Waals surface area contributed by atoms with Gasteiger partial charge >= 0.3 is 5.97 Å². The molecule has 0 aliphatic rings. The molecule has 0 radical (unpaired) electrons. The van der Waals surface area contributed by atoms with E-state index in [1.54, 1.807) is 48.0 Å². The third-order valence-corrected chi connectivity index (χ3v) is 4.73. The molecule has 1 aromatic heterocycles. The van der Waals surface area contributed by atoms with E-state index in [-0.39, 0.29) is 31.2 Å². The van der Waals surface area contributed by atoms with Gasteiger partial charge in [0.1, 0.15) is 5.75 Å². The van der Waals surface area contributed by atoms with Crippen LogP contribution in [0.2, 0.25) is 0 Å². The van der Waals surface area contributed by atoms with E-state index >= 15 is 0 Å². The summed E-state index contributed by atoms with van der Waals surface area (Å²) in [5.74, 6) is -1.06. The molecule has 0 aliphatic carbocycles. The van der Waals surface area contributed by atoms with Crippen molar-refractivity contribution in [2.24, 2.45) is 0 Å². The minimum atomic E-state index is -1.10. The Balaban J connectivity index is 2.00. The summed E-state index contributed by atoms with van der Waals surface area (Å²) in [5, 5.41) is 18.2. The highest BCUT2D eigenvalue weighted by molar-refractivity contribution is 7.08. The van der Waals surface area contributed by atoms with Crippen LogP contribution in [0, 0.1) is 0 Å². The van der Waals surface area contributed by atoms with E-state index in [2.05, 4.69) is 10.6 Å². The highest BCUT2D eigenvalue weighted by atomic mass is 32.1. The molecule has 0 spiro atoms. The lowest BCUT2D eigenvalue weighted by molar-refractivity contribution is -0.139. The first-order chi connectivity index (χ1) is 12.8. The standard InChI is InChI=1S/C19H22N2O5S/c1-19(11-17(23)24,14-4-3-5-15(10-14)26-2)21-16(22)6-8-20-18(25)13-7-9-27-12-13/h3-5,7,9-10,12H,6,8,11H2,1-2H3,(H,20,25)(H,21,22)(H,23,24). The van der Waals surface area contributed by atoms with Gasteiger partial charge in [-0.25, -0.2) is 0 Å². The molecule has 1 aromatic carbocycles. The lowest BCUT2D eigenvalue weighted by atomic mass is 9.88. The molecule has 7 nitrogen and oxygen atoms in total. The number of nitrogens with one attached hydrogen (secondary N) is 2. The van der Waals surface area contributed by atoms with Crippen LogP contribution >= 0.6 is 11.3 Å². The van der Waals surface area contributed by atoms with Crippen LogP contribution in [0.15, 0.2) is 41.1 Å². The zero-order chi connectivity index (χ0) is 19.9. The van der Waals surface area contributed by atoms with Crippen LogP contribution < -0.4 is 15.4 Å². The smallest absolute Gasteiger partial charge is 0.306 e. The number of carboxylic acids is 1. The van der Waals surface area contributed by atoms with Gasteiger partial charge in [0.15, 0.2) is 0 Å². The Kier molecular flexibility index (Phi) is 6.95. The molecule has 1 heterocycles. The van der Waals surface area contributed by atoms with Gasteiger partial charge in [-0.15, -0.1) is 0 Å². The van der Waals surface area contributed by atoms with Crippen molar-refractivity contribution < 1.29 is 24.2 Å². The van der Waals surface area contributed by atoms with Crippen LogP contribution in [-0.2, 0) is 15.1 Å². The minimum Gasteiger partial charge on any atom is -0.497 e. The summed E-state index contributed by atoms with van der Waals surface area (Å²) in [4.78, 5) is 35.6. The fraction of sp³-hybridized carbons (Fsp3) is 0.316. The van der Waals surface area contributed by atoms with Crippen molar-refractivity contribution in [1.82, 2.24) is 10.6 Å². The molecule has 1 atom stereocenters. The van der Waals surface area contributed by atoms with Crippen LogP contribution in [-0.4, -0.2) is 36.5 Å². The molecule has 0 fully saturated rings. The third-order valence-electron chi connectivity index (χ3n) is 4.05. The highest BCUT2D eigenvalue weighted by Crippen LogP contribution is 2.28. The summed E-state index contributed by atoms with van der Waals surface area (Å²) in [7, 11) is 1.52. The Bertz CT molecular complexity index is 806.